The van der Waals surface area contributed by atoms with E-state index in [2.05, 4.69) is 5.10 Å². The number of carbonyl (C=O) groups excluding carboxylic acids is 1. The van der Waals surface area contributed by atoms with Gasteiger partial charge in [0.05, 0.1) is 5.69 Å². The molecule has 6 nitrogen and oxygen atoms in total. The van der Waals surface area contributed by atoms with Crippen LogP contribution in [0.2, 0.25) is 0 Å². The first-order chi connectivity index (χ1) is 17.5. The van der Waals surface area contributed by atoms with Gasteiger partial charge in [-0.25, -0.2) is 13.5 Å². The Balaban J connectivity index is 0.00000148. The molecule has 2 heterocycles. The molecule has 1 saturated heterocycles. The van der Waals surface area contributed by atoms with Crippen molar-refractivity contribution in [3.05, 3.63) is 102 Å². The molecule has 8 heteroatoms. The van der Waals surface area contributed by atoms with Gasteiger partial charge in [0.15, 0.2) is 6.23 Å². The minimum atomic E-state index is -0.682. The number of amides is 1. The number of aromatic hydroxyl groups is 1. The molecule has 1 fully saturated rings. The van der Waals surface area contributed by atoms with Crippen LogP contribution in [0.3, 0.4) is 0 Å². The summed E-state index contributed by atoms with van der Waals surface area (Å²) in [6, 6.07) is 18.6. The Morgan fingerprint density at radius 2 is 1.56 bits per heavy atom. The van der Waals surface area contributed by atoms with Gasteiger partial charge >= 0.3 is 0 Å². The molecule has 1 N–H and O–H groups in total. The Morgan fingerprint density at radius 1 is 0.944 bits per heavy atom. The zero-order valence-corrected chi connectivity index (χ0v) is 20.1. The van der Waals surface area contributed by atoms with E-state index in [1.165, 1.54) is 24.3 Å². The van der Waals surface area contributed by atoms with Crippen LogP contribution in [0.5, 0.6) is 5.75 Å². The van der Waals surface area contributed by atoms with Crippen LogP contribution >= 0.6 is 0 Å². The van der Waals surface area contributed by atoms with Crippen molar-refractivity contribution in [2.45, 2.75) is 26.5 Å². The minimum absolute atomic E-state index is 0.0647. The molecular weight excluding hydrogens is 464 g/mol. The summed E-state index contributed by atoms with van der Waals surface area (Å²) in [5.74, 6) is -0.700. The molecule has 0 bridgehead atoms. The number of nitrogens with zero attached hydrogens (tertiary/aromatic N) is 3. The first-order valence-electron chi connectivity index (χ1n) is 11.8. The van der Waals surface area contributed by atoms with Gasteiger partial charge in [0, 0.05) is 23.9 Å². The van der Waals surface area contributed by atoms with Crippen molar-refractivity contribution in [1.82, 2.24) is 14.7 Å². The number of phenols is 1. The van der Waals surface area contributed by atoms with Crippen LogP contribution in [-0.4, -0.2) is 38.8 Å². The SMILES string of the molecule is CC.O=C1COC(c2cn(-c3ccc(F)cc3)nc2-c2ccc(F)cc2)N1CCc1ccc(O)cc1. The summed E-state index contributed by atoms with van der Waals surface area (Å²) < 4.78 is 34.5. The van der Waals surface area contributed by atoms with Crippen molar-refractivity contribution in [3.63, 3.8) is 0 Å². The van der Waals surface area contributed by atoms with E-state index in [-0.39, 0.29) is 29.9 Å². The second-order valence-electron chi connectivity index (χ2n) is 8.03. The standard InChI is InChI=1S/C26H21F2N3O3.C2H6/c27-19-5-3-18(4-6-19)25-23(15-31(29-25)21-9-7-20(28)8-10-21)26-30(24(33)16-34-26)14-13-17-1-11-22(32)12-2-17;1-2/h1-12,15,26,32H,13-14,16H2;1-2H3. The van der Waals surface area contributed by atoms with E-state index in [4.69, 9.17) is 4.74 Å². The zero-order valence-electron chi connectivity index (χ0n) is 20.1. The van der Waals surface area contributed by atoms with E-state index in [9.17, 15) is 18.7 Å². The van der Waals surface area contributed by atoms with E-state index in [0.717, 1.165) is 5.56 Å². The fraction of sp³-hybridized carbons (Fsp3) is 0.214. The van der Waals surface area contributed by atoms with Gasteiger partial charge in [-0.1, -0.05) is 26.0 Å². The lowest BCUT2D eigenvalue weighted by Gasteiger charge is -2.23. The van der Waals surface area contributed by atoms with E-state index in [1.807, 2.05) is 26.0 Å². The van der Waals surface area contributed by atoms with Crippen LogP contribution in [0.1, 0.15) is 31.2 Å². The highest BCUT2D eigenvalue weighted by molar-refractivity contribution is 5.80. The predicted octanol–water partition coefficient (Wildman–Crippen LogP) is 5.65. The van der Waals surface area contributed by atoms with Gasteiger partial charge in [0.25, 0.3) is 5.91 Å². The Bertz CT molecular complexity index is 1300. The molecule has 1 unspecified atom stereocenters. The normalized spacial score (nSPS) is 15.1. The van der Waals surface area contributed by atoms with Crippen molar-refractivity contribution < 1.29 is 23.4 Å². The third-order valence-corrected chi connectivity index (χ3v) is 5.76. The highest BCUT2D eigenvalue weighted by Gasteiger charge is 2.36. The van der Waals surface area contributed by atoms with E-state index in [0.29, 0.717) is 35.5 Å². The summed E-state index contributed by atoms with van der Waals surface area (Å²) in [5.41, 5.74) is 3.46. The van der Waals surface area contributed by atoms with Gasteiger partial charge < -0.3 is 14.7 Å². The highest BCUT2D eigenvalue weighted by Crippen LogP contribution is 2.35. The summed E-state index contributed by atoms with van der Waals surface area (Å²) in [4.78, 5) is 14.3. The Hall–Kier alpha value is -4.04. The van der Waals surface area contributed by atoms with Crippen LogP contribution in [0, 0.1) is 11.6 Å². The van der Waals surface area contributed by atoms with Crippen LogP contribution in [0.15, 0.2) is 79.0 Å². The number of aromatic nitrogens is 2. The molecule has 0 aliphatic carbocycles. The molecule has 36 heavy (non-hydrogen) atoms. The third-order valence-electron chi connectivity index (χ3n) is 5.76. The Morgan fingerprint density at radius 3 is 2.19 bits per heavy atom. The molecule has 0 radical (unpaired) electrons. The molecular formula is C28H27F2N3O3. The van der Waals surface area contributed by atoms with Crippen molar-refractivity contribution in [2.24, 2.45) is 0 Å². The second kappa shape index (κ2) is 11.1. The van der Waals surface area contributed by atoms with Gasteiger partial charge in [0.2, 0.25) is 0 Å². The molecule has 1 aliphatic heterocycles. The van der Waals surface area contributed by atoms with Crippen molar-refractivity contribution in [1.29, 1.82) is 0 Å². The number of benzene rings is 3. The first kappa shape index (κ1) is 25.1. The van der Waals surface area contributed by atoms with Gasteiger partial charge in [-0.15, -0.1) is 0 Å². The topological polar surface area (TPSA) is 67.6 Å². The highest BCUT2D eigenvalue weighted by atomic mass is 19.1. The van der Waals surface area contributed by atoms with Gasteiger partial charge in [-0.3, -0.25) is 4.79 Å². The summed E-state index contributed by atoms with van der Waals surface area (Å²) in [6.07, 6.45) is 1.64. The number of ether oxygens (including phenoxy) is 1. The largest absolute Gasteiger partial charge is 0.508 e. The molecule has 1 aliphatic rings. The molecule has 1 amide bonds. The lowest BCUT2D eigenvalue weighted by atomic mass is 10.1. The van der Waals surface area contributed by atoms with Crippen LogP contribution in [0.25, 0.3) is 16.9 Å². The lowest BCUT2D eigenvalue weighted by Crippen LogP contribution is -2.30. The number of rotatable bonds is 6. The lowest BCUT2D eigenvalue weighted by molar-refractivity contribution is -0.128. The van der Waals surface area contributed by atoms with Crippen LogP contribution in [-0.2, 0) is 16.0 Å². The summed E-state index contributed by atoms with van der Waals surface area (Å²) in [5, 5.41) is 14.2. The fourth-order valence-electron chi connectivity index (χ4n) is 3.99. The van der Waals surface area contributed by atoms with Crippen LogP contribution < -0.4 is 0 Å². The average Bonchev–Trinajstić information content (AvgIpc) is 3.49. The molecule has 5 rings (SSSR count). The van der Waals surface area contributed by atoms with Crippen molar-refractivity contribution in [3.8, 4) is 22.7 Å². The van der Waals surface area contributed by atoms with Gasteiger partial charge in [-0.2, -0.15) is 5.10 Å². The van der Waals surface area contributed by atoms with Gasteiger partial charge in [0.1, 0.15) is 29.7 Å². The first-order valence-corrected chi connectivity index (χ1v) is 11.8. The van der Waals surface area contributed by atoms with Crippen LogP contribution in [0.4, 0.5) is 8.78 Å². The van der Waals surface area contributed by atoms with E-state index < -0.39 is 6.23 Å². The summed E-state index contributed by atoms with van der Waals surface area (Å²) in [7, 11) is 0. The maximum Gasteiger partial charge on any atom is 0.250 e. The zero-order chi connectivity index (χ0) is 25.7. The smallest absolute Gasteiger partial charge is 0.250 e. The maximum atomic E-state index is 13.6. The molecule has 1 atom stereocenters. The molecule has 186 valence electrons. The quantitative estimate of drug-likeness (QED) is 0.379. The van der Waals surface area contributed by atoms with Gasteiger partial charge in [-0.05, 0) is 72.6 Å². The Labute approximate surface area is 208 Å². The fourth-order valence-corrected chi connectivity index (χ4v) is 3.99. The monoisotopic (exact) mass is 491 g/mol. The maximum absolute atomic E-state index is 13.6. The van der Waals surface area contributed by atoms with Crippen molar-refractivity contribution in [2.75, 3.05) is 13.2 Å². The van der Waals surface area contributed by atoms with E-state index >= 15 is 0 Å². The minimum Gasteiger partial charge on any atom is -0.508 e. The average molecular weight is 492 g/mol. The number of halogens is 2. The third kappa shape index (κ3) is 5.44. The Kier molecular flexibility index (Phi) is 7.75. The number of hydrogen-bond acceptors (Lipinski definition) is 4. The van der Waals surface area contributed by atoms with E-state index in [1.54, 1.807) is 52.2 Å². The molecule has 4 aromatic rings. The predicted molar refractivity (Wildman–Crippen MR) is 132 cm³/mol. The molecule has 3 aromatic carbocycles. The molecule has 1 aromatic heterocycles. The summed E-state index contributed by atoms with van der Waals surface area (Å²) >= 11 is 0. The number of carbonyl (C=O) groups is 1. The second-order valence-corrected chi connectivity index (χ2v) is 8.03. The molecule has 0 spiro atoms. The summed E-state index contributed by atoms with van der Waals surface area (Å²) in [6.45, 7) is 4.34. The number of phenolic OH excluding ortho intramolecular Hbond substituents is 1. The number of hydrogen-bond donors (Lipinski definition) is 1. The van der Waals surface area contributed by atoms with Crippen molar-refractivity contribution >= 4 is 5.91 Å². The molecule has 0 saturated carbocycles.